The highest BCUT2D eigenvalue weighted by Crippen LogP contribution is 2.15. The largest absolute Gasteiger partial charge is 0.346 e. The van der Waals surface area contributed by atoms with Crippen LogP contribution in [0, 0.1) is 11.5 Å². The average molecular weight is 239 g/mol. The summed E-state index contributed by atoms with van der Waals surface area (Å²) in [5.74, 6) is 0. The van der Waals surface area contributed by atoms with Crippen molar-refractivity contribution in [2.75, 3.05) is 6.61 Å². The van der Waals surface area contributed by atoms with Crippen LogP contribution < -0.4 is 0 Å². The molecule has 0 heterocycles. The fourth-order valence-electron chi connectivity index (χ4n) is 0.882. The predicted octanol–water partition coefficient (Wildman–Crippen LogP) is 3.36. The second kappa shape index (κ2) is 11.0. The van der Waals surface area contributed by atoms with Crippen molar-refractivity contribution in [2.45, 2.75) is 46.7 Å². The zero-order chi connectivity index (χ0) is 11.6. The Balaban J connectivity index is 0. The number of rotatable bonds is 4. The summed E-state index contributed by atoms with van der Waals surface area (Å²) in [7, 11) is 0.130. The topological polar surface area (TPSA) is 36.3 Å². The summed E-state index contributed by atoms with van der Waals surface area (Å²) in [4.78, 5) is 1.76. The molecule has 0 aromatic heterocycles. The lowest BCUT2D eigenvalue weighted by atomic mass is 10.2. The summed E-state index contributed by atoms with van der Waals surface area (Å²) >= 11 is 5.11. The minimum atomic E-state index is 0.130. The van der Waals surface area contributed by atoms with E-state index in [1.165, 1.54) is 0 Å². The Morgan fingerprint density at radius 2 is 1.79 bits per heavy atom. The predicted molar refractivity (Wildman–Crippen MR) is 63.5 cm³/mol. The summed E-state index contributed by atoms with van der Waals surface area (Å²) in [6, 6.07) is 0.657. The van der Waals surface area contributed by atoms with Gasteiger partial charge in [0.1, 0.15) is 8.16 Å². The third kappa shape index (κ3) is 10.1. The van der Waals surface area contributed by atoms with Crippen LogP contribution in [0.4, 0.5) is 0 Å². The number of nitriles is 1. The van der Waals surface area contributed by atoms with E-state index >= 15 is 0 Å². The molecule has 0 radical (unpaired) electrons. The summed E-state index contributed by atoms with van der Waals surface area (Å²) in [5.41, 5.74) is 0. The van der Waals surface area contributed by atoms with Gasteiger partial charge in [0.15, 0.2) is 6.19 Å². The van der Waals surface area contributed by atoms with Gasteiger partial charge in [-0.25, -0.2) is 0 Å². The highest BCUT2D eigenvalue weighted by Gasteiger charge is 2.08. The van der Waals surface area contributed by atoms with Crippen molar-refractivity contribution in [3.05, 3.63) is 0 Å². The standard InChI is InChI=1S/C7H14N2.C2H6ClOP/c1-6(2)9(5-8)7(3)4;1-2-4-5-3/h6-7H,1-4H3;5H,2H2,1H3. The van der Waals surface area contributed by atoms with Crippen LogP contribution in [0.15, 0.2) is 0 Å². The lowest BCUT2D eigenvalue weighted by Crippen LogP contribution is -2.32. The smallest absolute Gasteiger partial charge is 0.179 e. The molecule has 1 unspecified atom stereocenters. The first kappa shape index (κ1) is 16.4. The highest BCUT2D eigenvalue weighted by molar-refractivity contribution is 7.64. The van der Waals surface area contributed by atoms with E-state index in [0.717, 1.165) is 6.61 Å². The van der Waals surface area contributed by atoms with Gasteiger partial charge in [-0.3, -0.25) is 0 Å². The molecule has 0 aromatic carbocycles. The lowest BCUT2D eigenvalue weighted by molar-refractivity contribution is 0.270. The van der Waals surface area contributed by atoms with Gasteiger partial charge < -0.3 is 9.42 Å². The maximum absolute atomic E-state index is 8.54. The Morgan fingerprint density at radius 1 is 1.36 bits per heavy atom. The molecule has 0 aliphatic carbocycles. The van der Waals surface area contributed by atoms with Crippen LogP contribution in [0.5, 0.6) is 0 Å². The van der Waals surface area contributed by atoms with E-state index < -0.39 is 0 Å². The first-order valence-electron chi connectivity index (χ1n) is 4.66. The van der Waals surface area contributed by atoms with Gasteiger partial charge in [-0.2, -0.15) is 5.26 Å². The number of hydrogen-bond donors (Lipinski definition) is 0. The molecule has 1 atom stereocenters. The molecule has 0 bridgehead atoms. The van der Waals surface area contributed by atoms with Crippen molar-refractivity contribution < 1.29 is 4.52 Å². The molecule has 0 N–H and O–H groups in total. The molecule has 0 spiro atoms. The van der Waals surface area contributed by atoms with Crippen molar-refractivity contribution >= 4 is 19.4 Å². The maximum Gasteiger partial charge on any atom is 0.179 e. The van der Waals surface area contributed by atoms with Crippen LogP contribution in [0.3, 0.4) is 0 Å². The molecule has 0 aliphatic heterocycles. The minimum absolute atomic E-state index is 0.130. The zero-order valence-electron chi connectivity index (χ0n) is 9.54. The van der Waals surface area contributed by atoms with Crippen LogP contribution in [0.1, 0.15) is 34.6 Å². The summed E-state index contributed by atoms with van der Waals surface area (Å²) in [6.45, 7) is 10.7. The molecule has 0 rings (SSSR count). The quantitative estimate of drug-likeness (QED) is 0.428. The van der Waals surface area contributed by atoms with Gasteiger partial charge in [0.2, 0.25) is 0 Å². The first-order valence-corrected chi connectivity index (χ1v) is 6.58. The summed E-state index contributed by atoms with van der Waals surface area (Å²) in [6.07, 6.45) is 2.13. The zero-order valence-corrected chi connectivity index (χ0v) is 11.3. The van der Waals surface area contributed by atoms with Crippen LogP contribution in [-0.4, -0.2) is 23.6 Å². The molecular weight excluding hydrogens is 219 g/mol. The highest BCUT2D eigenvalue weighted by atomic mass is 35.7. The summed E-state index contributed by atoms with van der Waals surface area (Å²) < 4.78 is 4.63. The number of nitrogens with zero attached hydrogens (tertiary/aromatic N) is 2. The maximum atomic E-state index is 8.54. The average Bonchev–Trinajstić information content (AvgIpc) is 2.06. The molecule has 5 heteroatoms. The normalized spacial score (nSPS) is 10.2. The van der Waals surface area contributed by atoms with Crippen molar-refractivity contribution in [3.63, 3.8) is 0 Å². The van der Waals surface area contributed by atoms with Crippen molar-refractivity contribution in [1.29, 1.82) is 5.26 Å². The van der Waals surface area contributed by atoms with Crippen molar-refractivity contribution in [1.82, 2.24) is 4.90 Å². The third-order valence-electron chi connectivity index (χ3n) is 1.43. The van der Waals surface area contributed by atoms with E-state index in [0.29, 0.717) is 12.1 Å². The Hall–Kier alpha value is -0.0300. The summed E-state index contributed by atoms with van der Waals surface area (Å²) in [5, 5.41) is 8.54. The molecule has 0 amide bonds. The van der Waals surface area contributed by atoms with Gasteiger partial charge in [0, 0.05) is 18.7 Å². The molecule has 3 nitrogen and oxygen atoms in total. The Morgan fingerprint density at radius 3 is 1.79 bits per heavy atom. The Bertz CT molecular complexity index is 149. The van der Waals surface area contributed by atoms with E-state index in [-0.39, 0.29) is 8.16 Å². The number of halogens is 1. The van der Waals surface area contributed by atoms with Crippen LogP contribution in [-0.2, 0) is 4.52 Å². The van der Waals surface area contributed by atoms with Gasteiger partial charge in [-0.05, 0) is 34.6 Å². The molecule has 0 aromatic rings. The van der Waals surface area contributed by atoms with Crippen LogP contribution >= 0.6 is 19.4 Å². The lowest BCUT2D eigenvalue weighted by Gasteiger charge is -2.23. The molecule has 0 aliphatic rings. The SMILES string of the molecule is CC(C)N(C#N)C(C)C.CCOPCl. The fourth-order valence-corrected chi connectivity index (χ4v) is 1.32. The van der Waals surface area contributed by atoms with Gasteiger partial charge in [-0.1, -0.05) is 11.2 Å². The van der Waals surface area contributed by atoms with Crippen LogP contribution in [0.2, 0.25) is 0 Å². The second-order valence-corrected chi connectivity index (χ2v) is 4.11. The van der Waals surface area contributed by atoms with Gasteiger partial charge in [0.25, 0.3) is 0 Å². The van der Waals surface area contributed by atoms with Crippen LogP contribution in [0.25, 0.3) is 0 Å². The van der Waals surface area contributed by atoms with E-state index in [4.69, 9.17) is 16.5 Å². The van der Waals surface area contributed by atoms with Crippen molar-refractivity contribution in [3.8, 4) is 6.19 Å². The molecule has 0 fully saturated rings. The fraction of sp³-hybridized carbons (Fsp3) is 0.889. The second-order valence-electron chi connectivity index (χ2n) is 3.20. The number of hydrogen-bond acceptors (Lipinski definition) is 3. The van der Waals surface area contributed by atoms with Gasteiger partial charge in [-0.15, -0.1) is 0 Å². The molecular formula is C9H20ClN2OP. The molecule has 0 saturated heterocycles. The van der Waals surface area contributed by atoms with Crippen molar-refractivity contribution in [2.24, 2.45) is 0 Å². The molecule has 84 valence electrons. The van der Waals surface area contributed by atoms with E-state index in [1.807, 2.05) is 34.6 Å². The first-order chi connectivity index (χ1) is 6.51. The molecule has 14 heavy (non-hydrogen) atoms. The monoisotopic (exact) mass is 238 g/mol. The Kier molecular flexibility index (Phi) is 12.9. The third-order valence-corrected chi connectivity index (χ3v) is 2.15. The Labute approximate surface area is 94.0 Å². The van der Waals surface area contributed by atoms with E-state index in [9.17, 15) is 0 Å². The van der Waals surface area contributed by atoms with E-state index in [2.05, 4.69) is 10.7 Å². The molecule has 0 saturated carbocycles. The van der Waals surface area contributed by atoms with Gasteiger partial charge >= 0.3 is 0 Å². The van der Waals surface area contributed by atoms with E-state index in [1.54, 1.807) is 4.90 Å². The van der Waals surface area contributed by atoms with Gasteiger partial charge in [0.05, 0.1) is 0 Å². The minimum Gasteiger partial charge on any atom is -0.346 e.